The molecule has 0 aliphatic heterocycles. The van der Waals surface area contributed by atoms with Gasteiger partial charge in [-0.05, 0) is 57.3 Å². The van der Waals surface area contributed by atoms with Gasteiger partial charge < -0.3 is 24.4 Å². The Labute approximate surface area is 207 Å². The molecule has 0 radical (unpaired) electrons. The summed E-state index contributed by atoms with van der Waals surface area (Å²) in [5.41, 5.74) is -2.93. The Kier molecular flexibility index (Phi) is 7.72. The van der Waals surface area contributed by atoms with E-state index < -0.39 is 76.2 Å². The van der Waals surface area contributed by atoms with E-state index >= 15 is 0 Å². The first kappa shape index (κ1) is 30.3. The van der Waals surface area contributed by atoms with Crippen molar-refractivity contribution < 1.29 is 72.9 Å². The molecule has 216 valence electrons. The number of halogens is 7. The van der Waals surface area contributed by atoms with Crippen molar-refractivity contribution in [2.24, 2.45) is 17.3 Å². The van der Waals surface area contributed by atoms with Gasteiger partial charge in [0.15, 0.2) is 0 Å². The summed E-state index contributed by atoms with van der Waals surface area (Å²) >= 11 is 0. The van der Waals surface area contributed by atoms with Crippen molar-refractivity contribution in [3.63, 3.8) is 0 Å². The second-order valence-electron chi connectivity index (χ2n) is 10.1. The largest absolute Gasteiger partial charge is 0.461 e. The molecule has 9 nitrogen and oxygen atoms in total. The van der Waals surface area contributed by atoms with Crippen molar-refractivity contribution in [1.29, 1.82) is 0 Å². The first-order valence-electron chi connectivity index (χ1n) is 11.3. The summed E-state index contributed by atoms with van der Waals surface area (Å²) in [6.45, 7) is -1.51. The first-order valence-corrected chi connectivity index (χ1v) is 12.8. The number of ether oxygens (including phenoxy) is 3. The molecule has 37 heavy (non-hydrogen) atoms. The number of esters is 1. The van der Waals surface area contributed by atoms with Gasteiger partial charge in [0, 0.05) is 13.0 Å². The van der Waals surface area contributed by atoms with Gasteiger partial charge >= 0.3 is 39.2 Å². The van der Waals surface area contributed by atoms with Gasteiger partial charge in [-0.15, -0.1) is 0 Å². The van der Waals surface area contributed by atoms with Crippen LogP contribution >= 0.6 is 0 Å². The van der Waals surface area contributed by atoms with Crippen molar-refractivity contribution in [3.8, 4) is 0 Å². The average Bonchev–Trinajstić information content (AvgIpc) is 2.69. The van der Waals surface area contributed by atoms with Crippen molar-refractivity contribution in [3.05, 3.63) is 0 Å². The fourth-order valence-electron chi connectivity index (χ4n) is 6.06. The Morgan fingerprint density at radius 3 is 2.03 bits per heavy atom. The number of hydrogen-bond donors (Lipinski definition) is 3. The molecule has 4 unspecified atom stereocenters. The first-order chi connectivity index (χ1) is 16.6. The summed E-state index contributed by atoms with van der Waals surface area (Å²) in [6, 6.07) is 0. The highest BCUT2D eigenvalue weighted by atomic mass is 32.2. The minimum absolute atomic E-state index is 0.0575. The van der Waals surface area contributed by atoms with Gasteiger partial charge in [0.25, 0.3) is 0 Å². The third-order valence-corrected chi connectivity index (χ3v) is 8.18. The SMILES string of the molecule is CCOC(O)C(OCCC(F)(F)C(F)(F)S(=O)(=O)O)(OC(=O)C12CC3CC(CC(O)(C3)C1)C2)C(F)(F)F. The molecule has 0 aromatic rings. The third-order valence-electron chi connectivity index (χ3n) is 7.23. The molecule has 0 amide bonds. The summed E-state index contributed by atoms with van der Waals surface area (Å²) in [7, 11) is -6.67. The lowest BCUT2D eigenvalue weighted by Crippen LogP contribution is -2.64. The summed E-state index contributed by atoms with van der Waals surface area (Å²) < 4.78 is 140. The van der Waals surface area contributed by atoms with Crippen LogP contribution in [0.25, 0.3) is 0 Å². The van der Waals surface area contributed by atoms with Gasteiger partial charge in [0.1, 0.15) is 0 Å². The maximum absolute atomic E-state index is 14.2. The lowest BCUT2D eigenvalue weighted by atomic mass is 9.48. The van der Waals surface area contributed by atoms with Crippen LogP contribution < -0.4 is 0 Å². The van der Waals surface area contributed by atoms with E-state index in [0.29, 0.717) is 19.3 Å². The van der Waals surface area contributed by atoms with E-state index in [1.807, 2.05) is 0 Å². The molecule has 0 aromatic carbocycles. The van der Waals surface area contributed by atoms with E-state index in [9.17, 15) is 54.2 Å². The second-order valence-corrected chi connectivity index (χ2v) is 11.6. The monoisotopic (exact) mass is 576 g/mol. The molecular formula is C20H27F7O9S. The number of alkyl halides is 7. The molecule has 4 rings (SSSR count). The highest BCUT2D eigenvalue weighted by Gasteiger charge is 2.70. The Hall–Kier alpha value is -1.27. The van der Waals surface area contributed by atoms with Crippen LogP contribution in [0, 0.1) is 17.3 Å². The normalized spacial score (nSPS) is 32.7. The van der Waals surface area contributed by atoms with Crippen LogP contribution in [0.4, 0.5) is 30.7 Å². The minimum atomic E-state index is -6.67. The van der Waals surface area contributed by atoms with E-state index in [1.165, 1.54) is 0 Å². The van der Waals surface area contributed by atoms with Gasteiger partial charge in [-0.2, -0.15) is 39.2 Å². The maximum Gasteiger partial charge on any atom is 0.461 e. The maximum atomic E-state index is 14.2. The van der Waals surface area contributed by atoms with Crippen molar-refractivity contribution in [1.82, 2.24) is 0 Å². The minimum Gasteiger partial charge on any atom is -0.418 e. The van der Waals surface area contributed by atoms with Gasteiger partial charge in [-0.3, -0.25) is 9.35 Å². The zero-order valence-electron chi connectivity index (χ0n) is 19.4. The molecule has 17 heteroatoms. The van der Waals surface area contributed by atoms with E-state index in [2.05, 4.69) is 14.2 Å². The van der Waals surface area contributed by atoms with Crippen molar-refractivity contribution in [2.45, 2.75) is 86.9 Å². The summed E-state index contributed by atoms with van der Waals surface area (Å²) in [6.07, 6.45) is -10.3. The average molecular weight is 576 g/mol. The number of carbonyl (C=O) groups excluding carboxylic acids is 1. The fourth-order valence-corrected chi connectivity index (χ4v) is 6.54. The highest BCUT2D eigenvalue weighted by molar-refractivity contribution is 7.87. The molecule has 4 atom stereocenters. The van der Waals surface area contributed by atoms with Crippen LogP contribution in [-0.2, 0) is 29.1 Å². The highest BCUT2D eigenvalue weighted by Crippen LogP contribution is 2.62. The van der Waals surface area contributed by atoms with Crippen LogP contribution in [0.1, 0.15) is 51.9 Å². The van der Waals surface area contributed by atoms with Gasteiger partial charge in [-0.25, -0.2) is 0 Å². The van der Waals surface area contributed by atoms with E-state index in [-0.39, 0.29) is 31.1 Å². The number of aliphatic hydroxyl groups excluding tert-OH is 1. The Bertz CT molecular complexity index is 973. The number of hydrogen-bond acceptors (Lipinski definition) is 8. The molecule has 4 saturated carbocycles. The molecule has 0 aromatic heterocycles. The molecule has 0 spiro atoms. The zero-order valence-corrected chi connectivity index (χ0v) is 20.3. The van der Waals surface area contributed by atoms with Crippen LogP contribution in [0.5, 0.6) is 0 Å². The standard InChI is InChI=1S/C20H27F7O9S/c1-2-34-14(29)18(19(23,24)25,35-4-3-17(21,22)20(26,27)37(31,32)33)36-13(28)15-6-11-5-12(7-15)9-16(30,8-11)10-15/h11-12,14,29-30H,2-10H2,1H3,(H,31,32,33). The smallest absolute Gasteiger partial charge is 0.418 e. The summed E-state index contributed by atoms with van der Waals surface area (Å²) in [4.78, 5) is 13.2. The Balaban J connectivity index is 1.90. The van der Waals surface area contributed by atoms with Crippen LogP contribution in [0.3, 0.4) is 0 Å². The molecule has 4 bridgehead atoms. The Morgan fingerprint density at radius 2 is 1.59 bits per heavy atom. The molecule has 0 heterocycles. The zero-order chi connectivity index (χ0) is 28.3. The van der Waals surface area contributed by atoms with Crippen LogP contribution in [0.2, 0.25) is 0 Å². The summed E-state index contributed by atoms with van der Waals surface area (Å²) in [5.74, 6) is -12.0. The molecule has 4 fully saturated rings. The second kappa shape index (κ2) is 9.43. The number of aliphatic hydroxyl groups is 2. The molecule has 4 aliphatic rings. The lowest BCUT2D eigenvalue weighted by molar-refractivity contribution is -0.431. The van der Waals surface area contributed by atoms with E-state index in [0.717, 1.165) is 6.92 Å². The fraction of sp³-hybridized carbons (Fsp3) is 0.950. The van der Waals surface area contributed by atoms with Gasteiger partial charge in [-0.1, -0.05) is 0 Å². The Morgan fingerprint density at radius 1 is 1.05 bits per heavy atom. The van der Waals surface area contributed by atoms with Crippen LogP contribution in [-0.4, -0.2) is 77.4 Å². The lowest BCUT2D eigenvalue weighted by Gasteiger charge is -2.59. The number of rotatable bonds is 11. The van der Waals surface area contributed by atoms with Crippen molar-refractivity contribution >= 4 is 16.1 Å². The predicted octanol–water partition coefficient (Wildman–Crippen LogP) is 3.00. The van der Waals surface area contributed by atoms with E-state index in [4.69, 9.17) is 4.55 Å². The third kappa shape index (κ3) is 5.31. The topological polar surface area (TPSA) is 140 Å². The number of carbonyl (C=O) groups is 1. The van der Waals surface area contributed by atoms with Crippen LogP contribution in [0.15, 0.2) is 0 Å². The van der Waals surface area contributed by atoms with Gasteiger partial charge in [0.2, 0.25) is 6.29 Å². The van der Waals surface area contributed by atoms with Gasteiger partial charge in [0.05, 0.1) is 17.6 Å². The molecule has 0 saturated heterocycles. The quantitative estimate of drug-likeness (QED) is 0.147. The predicted molar refractivity (Wildman–Crippen MR) is 107 cm³/mol. The van der Waals surface area contributed by atoms with E-state index in [1.54, 1.807) is 0 Å². The molecule has 4 aliphatic carbocycles. The summed E-state index contributed by atoms with van der Waals surface area (Å²) in [5, 5.41) is 14.8. The molecule has 3 N–H and O–H groups in total. The molecular weight excluding hydrogens is 549 g/mol. The van der Waals surface area contributed by atoms with Crippen molar-refractivity contribution in [2.75, 3.05) is 13.2 Å².